The predicted molar refractivity (Wildman–Crippen MR) is 109 cm³/mol. The first-order valence-corrected chi connectivity index (χ1v) is 9.70. The maximum atomic E-state index is 11.8. The summed E-state index contributed by atoms with van der Waals surface area (Å²) in [5.74, 6) is 0.311. The molecule has 0 saturated heterocycles. The number of nitrogens with one attached hydrogen (secondary N) is 1. The van der Waals surface area contributed by atoms with Crippen LogP contribution in [0.4, 0.5) is 4.79 Å². The monoisotopic (exact) mass is 395 g/mol. The summed E-state index contributed by atoms with van der Waals surface area (Å²) < 4.78 is 1.96. The zero-order valence-corrected chi connectivity index (χ0v) is 16.5. The van der Waals surface area contributed by atoms with Gasteiger partial charge in [0.25, 0.3) is 0 Å². The third kappa shape index (κ3) is 4.77. The minimum atomic E-state index is -0.869. The van der Waals surface area contributed by atoms with Crippen LogP contribution in [0.3, 0.4) is 0 Å². The van der Waals surface area contributed by atoms with Crippen molar-refractivity contribution in [1.29, 1.82) is 0 Å². The second kappa shape index (κ2) is 8.71. The third-order valence-corrected chi connectivity index (χ3v) is 5.02. The second-order valence-corrected chi connectivity index (χ2v) is 7.33. The summed E-state index contributed by atoms with van der Waals surface area (Å²) >= 11 is 1.21. The second-order valence-electron chi connectivity index (χ2n) is 6.39. The van der Waals surface area contributed by atoms with Crippen molar-refractivity contribution in [3.05, 3.63) is 71.0 Å². The molecule has 0 aliphatic heterocycles. The Morgan fingerprint density at radius 1 is 1.11 bits per heavy atom. The van der Waals surface area contributed by atoms with Crippen LogP contribution < -0.4 is 11.1 Å². The van der Waals surface area contributed by atoms with E-state index in [-0.39, 0.29) is 5.75 Å². The zero-order chi connectivity index (χ0) is 20.1. The van der Waals surface area contributed by atoms with E-state index in [4.69, 9.17) is 5.73 Å². The molecule has 0 spiro atoms. The number of aryl methyl sites for hydroxylation is 2. The molecule has 0 aliphatic rings. The number of amides is 3. The van der Waals surface area contributed by atoms with Gasteiger partial charge in [0.1, 0.15) is 5.82 Å². The average Bonchev–Trinajstić information content (AvgIpc) is 3.03. The van der Waals surface area contributed by atoms with Crippen molar-refractivity contribution in [2.75, 3.05) is 5.75 Å². The molecule has 0 bridgehead atoms. The molecule has 7 nitrogen and oxygen atoms in total. The molecule has 0 unspecified atom stereocenters. The number of benzene rings is 2. The summed E-state index contributed by atoms with van der Waals surface area (Å²) in [7, 11) is 0. The average molecular weight is 395 g/mol. The van der Waals surface area contributed by atoms with Gasteiger partial charge in [-0.05, 0) is 31.0 Å². The lowest BCUT2D eigenvalue weighted by Crippen LogP contribution is -2.36. The van der Waals surface area contributed by atoms with Gasteiger partial charge in [-0.3, -0.25) is 14.7 Å². The van der Waals surface area contributed by atoms with Gasteiger partial charge < -0.3 is 5.73 Å². The number of carbonyl (C=O) groups is 2. The molecule has 0 atom stereocenters. The first-order valence-electron chi connectivity index (χ1n) is 8.72. The lowest BCUT2D eigenvalue weighted by molar-refractivity contribution is -0.117. The van der Waals surface area contributed by atoms with Crippen LogP contribution in [0.1, 0.15) is 22.5 Å². The number of carbonyl (C=O) groups excluding carboxylic acids is 2. The van der Waals surface area contributed by atoms with Gasteiger partial charge in [-0.1, -0.05) is 59.8 Å². The van der Waals surface area contributed by atoms with E-state index in [1.165, 1.54) is 11.8 Å². The fourth-order valence-electron chi connectivity index (χ4n) is 2.89. The molecule has 3 N–H and O–H groups in total. The van der Waals surface area contributed by atoms with Crippen LogP contribution in [0.2, 0.25) is 0 Å². The van der Waals surface area contributed by atoms with E-state index in [9.17, 15) is 9.59 Å². The SMILES string of the molecule is Cc1ccc(-n2c(Cc3ccccc3)nnc2SCC(=O)NC(N)=O)c(C)c1. The summed E-state index contributed by atoms with van der Waals surface area (Å²) in [6, 6.07) is 15.3. The van der Waals surface area contributed by atoms with Gasteiger partial charge in [0, 0.05) is 6.42 Å². The van der Waals surface area contributed by atoms with E-state index in [2.05, 4.69) is 21.6 Å². The van der Waals surface area contributed by atoms with Gasteiger partial charge in [-0.15, -0.1) is 10.2 Å². The molecule has 28 heavy (non-hydrogen) atoms. The maximum absolute atomic E-state index is 11.8. The molecular weight excluding hydrogens is 374 g/mol. The van der Waals surface area contributed by atoms with Crippen molar-refractivity contribution >= 4 is 23.7 Å². The van der Waals surface area contributed by atoms with Crippen LogP contribution in [-0.4, -0.2) is 32.5 Å². The molecule has 0 fully saturated rings. The Morgan fingerprint density at radius 2 is 1.86 bits per heavy atom. The number of thioether (sulfide) groups is 1. The Labute approximate surface area is 167 Å². The molecule has 0 saturated carbocycles. The Hall–Kier alpha value is -3.13. The largest absolute Gasteiger partial charge is 0.351 e. The highest BCUT2D eigenvalue weighted by molar-refractivity contribution is 7.99. The molecule has 8 heteroatoms. The van der Waals surface area contributed by atoms with Gasteiger partial charge >= 0.3 is 6.03 Å². The molecule has 1 heterocycles. The van der Waals surface area contributed by atoms with Crippen LogP contribution in [0.25, 0.3) is 5.69 Å². The Morgan fingerprint density at radius 3 is 2.54 bits per heavy atom. The van der Waals surface area contributed by atoms with Crippen molar-refractivity contribution in [3.63, 3.8) is 0 Å². The minimum absolute atomic E-state index is 0.0112. The van der Waals surface area contributed by atoms with E-state index in [1.807, 2.05) is 60.9 Å². The van der Waals surface area contributed by atoms with E-state index in [1.54, 1.807) is 0 Å². The Bertz CT molecular complexity index is 1000. The van der Waals surface area contributed by atoms with Gasteiger partial charge in [-0.25, -0.2) is 4.79 Å². The Balaban J connectivity index is 1.95. The fourth-order valence-corrected chi connectivity index (χ4v) is 3.65. The van der Waals surface area contributed by atoms with Crippen molar-refractivity contribution in [3.8, 4) is 5.69 Å². The smallest absolute Gasteiger partial charge is 0.318 e. The summed E-state index contributed by atoms with van der Waals surface area (Å²) in [5, 5.41) is 11.3. The topological polar surface area (TPSA) is 103 Å². The van der Waals surface area contributed by atoms with Crippen LogP contribution >= 0.6 is 11.8 Å². The number of nitrogens with zero attached hydrogens (tertiary/aromatic N) is 3. The van der Waals surface area contributed by atoms with E-state index < -0.39 is 11.9 Å². The molecule has 3 aromatic rings. The zero-order valence-electron chi connectivity index (χ0n) is 15.7. The molecule has 0 aliphatic carbocycles. The highest BCUT2D eigenvalue weighted by Gasteiger charge is 2.18. The van der Waals surface area contributed by atoms with Crippen LogP contribution in [0.5, 0.6) is 0 Å². The van der Waals surface area contributed by atoms with Gasteiger partial charge in [0.15, 0.2) is 5.16 Å². The van der Waals surface area contributed by atoms with E-state index in [0.717, 1.165) is 28.2 Å². The number of nitrogens with two attached hydrogens (primary N) is 1. The van der Waals surface area contributed by atoms with Gasteiger partial charge in [0.05, 0.1) is 11.4 Å². The van der Waals surface area contributed by atoms with Gasteiger partial charge in [0.2, 0.25) is 5.91 Å². The van der Waals surface area contributed by atoms with Crippen LogP contribution in [-0.2, 0) is 11.2 Å². The van der Waals surface area contributed by atoms with E-state index in [0.29, 0.717) is 11.6 Å². The lowest BCUT2D eigenvalue weighted by atomic mass is 10.1. The van der Waals surface area contributed by atoms with Crippen LogP contribution in [0, 0.1) is 13.8 Å². The van der Waals surface area contributed by atoms with Crippen LogP contribution in [0.15, 0.2) is 53.7 Å². The number of rotatable bonds is 6. The minimum Gasteiger partial charge on any atom is -0.351 e. The van der Waals surface area contributed by atoms with Gasteiger partial charge in [-0.2, -0.15) is 0 Å². The molecule has 3 amide bonds. The number of imide groups is 1. The molecule has 2 aromatic carbocycles. The molecule has 3 rings (SSSR count). The van der Waals surface area contributed by atoms with Crippen molar-refractivity contribution in [2.45, 2.75) is 25.4 Å². The van der Waals surface area contributed by atoms with Crippen molar-refractivity contribution in [1.82, 2.24) is 20.1 Å². The summed E-state index contributed by atoms with van der Waals surface area (Å²) in [5.41, 5.74) is 9.31. The predicted octanol–water partition coefficient (Wildman–Crippen LogP) is 2.76. The maximum Gasteiger partial charge on any atom is 0.318 e. The highest BCUT2D eigenvalue weighted by Crippen LogP contribution is 2.26. The first kappa shape index (κ1) is 19.6. The summed E-state index contributed by atoms with van der Waals surface area (Å²) in [4.78, 5) is 22.6. The molecule has 0 radical (unpaired) electrons. The number of urea groups is 1. The van der Waals surface area contributed by atoms with Crippen molar-refractivity contribution in [2.24, 2.45) is 5.73 Å². The quantitative estimate of drug-likeness (QED) is 0.625. The Kier molecular flexibility index (Phi) is 6.10. The molecule has 144 valence electrons. The molecular formula is C20H21N5O2S. The number of aromatic nitrogens is 3. The number of primary amides is 1. The standard InChI is InChI=1S/C20H21N5O2S/c1-13-8-9-16(14(2)10-13)25-17(11-15-6-4-3-5-7-15)23-24-20(25)28-12-18(26)22-19(21)27/h3-10H,11-12H2,1-2H3,(H3,21,22,26,27). The lowest BCUT2D eigenvalue weighted by Gasteiger charge is -2.13. The number of hydrogen-bond donors (Lipinski definition) is 2. The van der Waals surface area contributed by atoms with E-state index >= 15 is 0 Å². The molecule has 1 aromatic heterocycles. The van der Waals surface area contributed by atoms with Crippen molar-refractivity contribution < 1.29 is 9.59 Å². The first-order chi connectivity index (χ1) is 13.4. The third-order valence-electron chi connectivity index (χ3n) is 4.09. The summed E-state index contributed by atoms with van der Waals surface area (Å²) in [6.07, 6.45) is 0.606. The summed E-state index contributed by atoms with van der Waals surface area (Å²) in [6.45, 7) is 4.07. The normalized spacial score (nSPS) is 10.6. The fraction of sp³-hybridized carbons (Fsp3) is 0.200. The number of hydrogen-bond acceptors (Lipinski definition) is 5. The highest BCUT2D eigenvalue weighted by atomic mass is 32.2.